The second kappa shape index (κ2) is 8.09. The lowest BCUT2D eigenvalue weighted by atomic mass is 10.1. The molecule has 0 aliphatic heterocycles. The van der Waals surface area contributed by atoms with Gasteiger partial charge in [0, 0.05) is 11.4 Å². The zero-order valence-corrected chi connectivity index (χ0v) is 15.2. The van der Waals surface area contributed by atoms with Crippen molar-refractivity contribution in [3.63, 3.8) is 0 Å². The van der Waals surface area contributed by atoms with Crippen molar-refractivity contribution < 1.29 is 22.4 Å². The lowest BCUT2D eigenvalue weighted by molar-refractivity contribution is -0.114. The van der Waals surface area contributed by atoms with E-state index in [-0.39, 0.29) is 5.69 Å². The van der Waals surface area contributed by atoms with Crippen LogP contribution in [-0.4, -0.2) is 31.7 Å². The number of hydrogen-bond acceptors (Lipinski definition) is 4. The van der Waals surface area contributed by atoms with E-state index >= 15 is 0 Å². The molecule has 0 saturated carbocycles. The van der Waals surface area contributed by atoms with Crippen LogP contribution in [0.2, 0.25) is 0 Å². The maximum atomic E-state index is 12.8. The minimum absolute atomic E-state index is 0.270. The van der Waals surface area contributed by atoms with Crippen LogP contribution in [0, 0.1) is 19.7 Å². The van der Waals surface area contributed by atoms with Gasteiger partial charge in [-0.2, -0.15) is 0 Å². The first-order valence-corrected chi connectivity index (χ1v) is 9.60. The average molecular weight is 378 g/mol. The summed E-state index contributed by atoms with van der Waals surface area (Å²) < 4.78 is 36.9. The monoisotopic (exact) mass is 378 g/mol. The van der Waals surface area contributed by atoms with Crippen LogP contribution in [0.4, 0.5) is 15.8 Å². The summed E-state index contributed by atoms with van der Waals surface area (Å²) >= 11 is 0. The molecule has 0 radical (unpaired) electrons. The number of hydrogen-bond donors (Lipinski definition) is 2. The van der Waals surface area contributed by atoms with Gasteiger partial charge in [0.05, 0.1) is 0 Å². The van der Waals surface area contributed by atoms with Crippen LogP contribution in [-0.2, 0) is 19.4 Å². The lowest BCUT2D eigenvalue weighted by Gasteiger charge is -2.11. The topological polar surface area (TPSA) is 92.3 Å². The third-order valence-corrected chi connectivity index (χ3v) is 5.11. The van der Waals surface area contributed by atoms with Gasteiger partial charge in [0.1, 0.15) is 17.3 Å². The van der Waals surface area contributed by atoms with E-state index < -0.39 is 39.0 Å². The van der Waals surface area contributed by atoms with Gasteiger partial charge in [-0.05, 0) is 55.3 Å². The molecular weight excluding hydrogens is 359 g/mol. The summed E-state index contributed by atoms with van der Waals surface area (Å²) in [6.45, 7) is 3.69. The number of nitrogens with one attached hydrogen (secondary N) is 2. The van der Waals surface area contributed by atoms with E-state index in [1.54, 1.807) is 12.1 Å². The Balaban J connectivity index is 1.94. The Morgan fingerprint density at radius 2 is 1.50 bits per heavy atom. The minimum atomic E-state index is -3.95. The van der Waals surface area contributed by atoms with Gasteiger partial charge in [-0.1, -0.05) is 12.1 Å². The number of carbonyl (C=O) groups excluding carboxylic acids is 2. The van der Waals surface area contributed by atoms with E-state index in [1.165, 1.54) is 12.1 Å². The molecule has 0 bridgehead atoms. The first kappa shape index (κ1) is 19.6. The molecule has 2 aromatic rings. The molecule has 26 heavy (non-hydrogen) atoms. The van der Waals surface area contributed by atoms with Crippen LogP contribution in [0.25, 0.3) is 0 Å². The van der Waals surface area contributed by atoms with Crippen LogP contribution < -0.4 is 10.6 Å². The summed E-state index contributed by atoms with van der Waals surface area (Å²) in [5.41, 5.74) is 2.60. The molecule has 0 aliphatic rings. The van der Waals surface area contributed by atoms with Crippen molar-refractivity contribution in [1.82, 2.24) is 0 Å². The fourth-order valence-electron chi connectivity index (χ4n) is 2.25. The van der Waals surface area contributed by atoms with Gasteiger partial charge < -0.3 is 10.6 Å². The van der Waals surface area contributed by atoms with Crippen LogP contribution in [0.3, 0.4) is 0 Å². The molecule has 0 heterocycles. The van der Waals surface area contributed by atoms with E-state index in [2.05, 4.69) is 10.6 Å². The Hall–Kier alpha value is -2.74. The average Bonchev–Trinajstić information content (AvgIpc) is 2.53. The Morgan fingerprint density at radius 3 is 2.12 bits per heavy atom. The molecule has 0 unspecified atom stereocenters. The number of benzene rings is 2. The normalized spacial score (nSPS) is 11.0. The molecule has 0 atom stereocenters. The number of rotatable bonds is 6. The highest BCUT2D eigenvalue weighted by Crippen LogP contribution is 2.18. The summed E-state index contributed by atoms with van der Waals surface area (Å²) in [6.07, 6.45) is 0. The highest BCUT2D eigenvalue weighted by Gasteiger charge is 2.21. The van der Waals surface area contributed by atoms with Gasteiger partial charge in [0.2, 0.25) is 11.8 Å². The van der Waals surface area contributed by atoms with E-state index in [0.29, 0.717) is 5.69 Å². The maximum Gasteiger partial charge on any atom is 0.239 e. The van der Waals surface area contributed by atoms with Crippen LogP contribution >= 0.6 is 0 Å². The number of amides is 2. The molecule has 0 fully saturated rings. The molecule has 2 N–H and O–H groups in total. The molecule has 6 nitrogen and oxygen atoms in total. The first-order valence-electron chi connectivity index (χ1n) is 7.78. The molecule has 0 aromatic heterocycles. The molecule has 138 valence electrons. The standard InChI is InChI=1S/C18H19FN2O4S/c1-12-4-3-5-16(13(12)2)21-18(23)11-26(24,25)10-17(22)20-15-8-6-14(19)7-9-15/h3-9H,10-11H2,1-2H3,(H,20,22)(H,21,23). The van der Waals surface area contributed by atoms with E-state index in [4.69, 9.17) is 0 Å². The Labute approximate surface area is 151 Å². The fraction of sp³-hybridized carbons (Fsp3) is 0.222. The van der Waals surface area contributed by atoms with Crippen molar-refractivity contribution in [1.29, 1.82) is 0 Å². The summed E-state index contributed by atoms with van der Waals surface area (Å²) in [4.78, 5) is 23.8. The number of anilines is 2. The van der Waals surface area contributed by atoms with Crippen LogP contribution in [0.15, 0.2) is 42.5 Å². The van der Waals surface area contributed by atoms with Crippen molar-refractivity contribution >= 4 is 33.0 Å². The van der Waals surface area contributed by atoms with E-state index in [0.717, 1.165) is 23.3 Å². The molecule has 0 aliphatic carbocycles. The number of carbonyl (C=O) groups is 2. The summed E-state index contributed by atoms with van der Waals surface area (Å²) in [6, 6.07) is 10.2. The smallest absolute Gasteiger partial charge is 0.239 e. The van der Waals surface area contributed by atoms with Gasteiger partial charge >= 0.3 is 0 Å². The zero-order chi connectivity index (χ0) is 19.3. The number of aryl methyl sites for hydroxylation is 1. The largest absolute Gasteiger partial charge is 0.325 e. The van der Waals surface area contributed by atoms with Crippen molar-refractivity contribution in [3.05, 3.63) is 59.4 Å². The van der Waals surface area contributed by atoms with Gasteiger partial charge in [0.25, 0.3) is 0 Å². The molecule has 2 aromatic carbocycles. The lowest BCUT2D eigenvalue weighted by Crippen LogP contribution is -2.30. The molecule has 0 spiro atoms. The third-order valence-electron chi connectivity index (χ3n) is 3.71. The first-order chi connectivity index (χ1) is 12.2. The molecule has 0 saturated heterocycles. The highest BCUT2D eigenvalue weighted by molar-refractivity contribution is 7.92. The highest BCUT2D eigenvalue weighted by atomic mass is 32.2. The Morgan fingerprint density at radius 1 is 0.923 bits per heavy atom. The zero-order valence-electron chi connectivity index (χ0n) is 14.4. The minimum Gasteiger partial charge on any atom is -0.325 e. The quantitative estimate of drug-likeness (QED) is 0.807. The van der Waals surface area contributed by atoms with Gasteiger partial charge in [-0.15, -0.1) is 0 Å². The second-order valence-corrected chi connectivity index (χ2v) is 7.95. The van der Waals surface area contributed by atoms with Crippen molar-refractivity contribution in [2.45, 2.75) is 13.8 Å². The summed E-state index contributed by atoms with van der Waals surface area (Å²) in [7, 11) is -3.95. The Kier molecular flexibility index (Phi) is 6.10. The van der Waals surface area contributed by atoms with Crippen LogP contribution in [0.5, 0.6) is 0 Å². The number of sulfone groups is 1. The predicted molar refractivity (Wildman–Crippen MR) is 98.2 cm³/mol. The fourth-order valence-corrected chi connectivity index (χ4v) is 3.30. The Bertz CT molecular complexity index is 925. The molecule has 2 amide bonds. The second-order valence-electron chi connectivity index (χ2n) is 5.88. The summed E-state index contributed by atoms with van der Waals surface area (Å²) in [5, 5.41) is 4.89. The third kappa shape index (κ3) is 5.66. The molecule has 2 rings (SSSR count). The molecular formula is C18H19FN2O4S. The SMILES string of the molecule is Cc1cccc(NC(=O)CS(=O)(=O)CC(=O)Nc2ccc(F)cc2)c1C. The van der Waals surface area contributed by atoms with Crippen molar-refractivity contribution in [2.24, 2.45) is 0 Å². The van der Waals surface area contributed by atoms with Gasteiger partial charge in [-0.3, -0.25) is 9.59 Å². The van der Waals surface area contributed by atoms with Crippen molar-refractivity contribution in [2.75, 3.05) is 22.1 Å². The molecule has 8 heteroatoms. The van der Waals surface area contributed by atoms with Crippen molar-refractivity contribution in [3.8, 4) is 0 Å². The van der Waals surface area contributed by atoms with Gasteiger partial charge in [-0.25, -0.2) is 12.8 Å². The predicted octanol–water partition coefficient (Wildman–Crippen LogP) is 2.43. The van der Waals surface area contributed by atoms with E-state index in [9.17, 15) is 22.4 Å². The summed E-state index contributed by atoms with van der Waals surface area (Å²) in [5.74, 6) is -3.63. The number of halogens is 1. The van der Waals surface area contributed by atoms with Gasteiger partial charge in [0.15, 0.2) is 9.84 Å². The van der Waals surface area contributed by atoms with Crippen LogP contribution in [0.1, 0.15) is 11.1 Å². The van der Waals surface area contributed by atoms with E-state index in [1.807, 2.05) is 19.9 Å². The maximum absolute atomic E-state index is 12.8.